The van der Waals surface area contributed by atoms with Crippen molar-refractivity contribution in [2.75, 3.05) is 20.2 Å². The van der Waals surface area contributed by atoms with Crippen LogP contribution in [0.1, 0.15) is 30.1 Å². The number of amides is 1. The number of carbonyl (C=O) groups is 1. The van der Waals surface area contributed by atoms with Crippen LogP contribution in [0.4, 0.5) is 0 Å². The van der Waals surface area contributed by atoms with E-state index in [1.54, 1.807) is 19.4 Å². The lowest BCUT2D eigenvalue weighted by Gasteiger charge is -2.30. The molecule has 1 saturated heterocycles. The summed E-state index contributed by atoms with van der Waals surface area (Å²) in [5, 5.41) is 1.04. The first kappa shape index (κ1) is 19.7. The molecule has 1 amide bonds. The predicted octanol–water partition coefficient (Wildman–Crippen LogP) is 3.38. The van der Waals surface area contributed by atoms with E-state index in [9.17, 15) is 4.79 Å². The zero-order valence-electron chi connectivity index (χ0n) is 18.1. The van der Waals surface area contributed by atoms with Crippen LogP contribution in [0.15, 0.2) is 34.9 Å². The molecule has 1 fully saturated rings. The minimum Gasteiger partial charge on any atom is -0.494 e. The third-order valence-electron chi connectivity index (χ3n) is 6.19. The molecule has 5 rings (SSSR count). The van der Waals surface area contributed by atoms with Gasteiger partial charge in [-0.15, -0.1) is 0 Å². The van der Waals surface area contributed by atoms with E-state index < -0.39 is 0 Å². The molecule has 4 aromatic rings. The third-order valence-corrected chi connectivity index (χ3v) is 6.19. The lowest BCUT2D eigenvalue weighted by atomic mass is 10.0. The molecule has 1 atom stereocenters. The summed E-state index contributed by atoms with van der Waals surface area (Å²) in [5.74, 6) is 1.39. The molecular weight excluding hydrogens is 394 g/mol. The zero-order valence-corrected chi connectivity index (χ0v) is 18.1. The van der Waals surface area contributed by atoms with Gasteiger partial charge >= 0.3 is 0 Å². The highest BCUT2D eigenvalue weighted by molar-refractivity contribution is 6.00. The normalized spacial score (nSPS) is 17.0. The number of imidazole rings is 1. The van der Waals surface area contributed by atoms with Crippen molar-refractivity contribution in [2.45, 2.75) is 32.4 Å². The minimum atomic E-state index is -0.0306. The first-order valence-corrected chi connectivity index (χ1v) is 10.7. The first-order valence-electron chi connectivity index (χ1n) is 10.7. The van der Waals surface area contributed by atoms with Crippen LogP contribution in [0.2, 0.25) is 0 Å². The molecule has 0 saturated carbocycles. The Balaban J connectivity index is 1.63. The number of furan rings is 1. The van der Waals surface area contributed by atoms with Crippen molar-refractivity contribution in [1.29, 1.82) is 0 Å². The summed E-state index contributed by atoms with van der Waals surface area (Å²) in [5.41, 5.74) is 10.0. The number of nitrogens with two attached hydrogens (primary N) is 1. The summed E-state index contributed by atoms with van der Waals surface area (Å²) >= 11 is 0. The molecule has 8 heteroatoms. The van der Waals surface area contributed by atoms with E-state index in [0.29, 0.717) is 17.9 Å². The molecule has 3 aromatic heterocycles. The molecular formula is C23H27N5O3. The smallest absolute Gasteiger partial charge is 0.254 e. The van der Waals surface area contributed by atoms with E-state index in [1.165, 1.54) is 0 Å². The number of ether oxygens (including phenoxy) is 1. The minimum absolute atomic E-state index is 0.0306. The van der Waals surface area contributed by atoms with Gasteiger partial charge in [-0.2, -0.15) is 0 Å². The van der Waals surface area contributed by atoms with Crippen LogP contribution in [0, 0.1) is 0 Å². The van der Waals surface area contributed by atoms with Crippen molar-refractivity contribution < 1.29 is 13.9 Å². The van der Waals surface area contributed by atoms with Gasteiger partial charge in [0.2, 0.25) is 5.71 Å². The number of benzene rings is 1. The van der Waals surface area contributed by atoms with E-state index in [4.69, 9.17) is 19.9 Å². The standard InChI is InChI=1S/C23H27N5O3/c1-4-28-18(11-14-7-9-31-23(14)28)21-25-17-10-15(12-19(30-3)20(17)26(21)2)22(29)27-8-5-6-16(24)13-27/h7,9-12,16H,4-6,8,13,24H2,1-3H3/t16-/m1/s1. The number of aromatic nitrogens is 3. The second-order valence-electron chi connectivity index (χ2n) is 8.15. The fourth-order valence-corrected chi connectivity index (χ4v) is 4.67. The van der Waals surface area contributed by atoms with Gasteiger partial charge in [-0.1, -0.05) is 0 Å². The number of methoxy groups -OCH3 is 1. The van der Waals surface area contributed by atoms with Gasteiger partial charge < -0.3 is 28.9 Å². The van der Waals surface area contributed by atoms with Crippen LogP contribution in [0.5, 0.6) is 5.75 Å². The van der Waals surface area contributed by atoms with E-state index in [2.05, 4.69) is 17.6 Å². The second-order valence-corrected chi connectivity index (χ2v) is 8.15. The molecule has 0 aliphatic carbocycles. The van der Waals surface area contributed by atoms with Crippen LogP contribution in [0.3, 0.4) is 0 Å². The molecule has 4 heterocycles. The third kappa shape index (κ3) is 3.09. The van der Waals surface area contributed by atoms with Gasteiger partial charge in [0.15, 0.2) is 5.82 Å². The summed E-state index contributed by atoms with van der Waals surface area (Å²) in [4.78, 5) is 19.9. The fourth-order valence-electron chi connectivity index (χ4n) is 4.67. The predicted molar refractivity (Wildman–Crippen MR) is 119 cm³/mol. The zero-order chi connectivity index (χ0) is 21.7. The summed E-state index contributed by atoms with van der Waals surface area (Å²) in [6, 6.07) is 7.73. The number of nitrogens with zero attached hydrogens (tertiary/aromatic N) is 4. The highest BCUT2D eigenvalue weighted by Crippen LogP contribution is 2.34. The molecule has 1 aliphatic heterocycles. The highest BCUT2D eigenvalue weighted by Gasteiger charge is 2.25. The van der Waals surface area contributed by atoms with Crippen molar-refractivity contribution in [3.05, 3.63) is 36.1 Å². The van der Waals surface area contributed by atoms with E-state index >= 15 is 0 Å². The average Bonchev–Trinajstić information content (AvgIpc) is 3.45. The molecule has 0 bridgehead atoms. The Morgan fingerprint density at radius 1 is 1.35 bits per heavy atom. The van der Waals surface area contributed by atoms with Crippen molar-refractivity contribution in [2.24, 2.45) is 12.8 Å². The summed E-state index contributed by atoms with van der Waals surface area (Å²) in [6.07, 6.45) is 3.58. The maximum Gasteiger partial charge on any atom is 0.254 e. The van der Waals surface area contributed by atoms with E-state index in [1.807, 2.05) is 28.6 Å². The number of aryl methyl sites for hydroxylation is 2. The van der Waals surface area contributed by atoms with Gasteiger partial charge in [-0.25, -0.2) is 4.98 Å². The number of piperidine rings is 1. The maximum absolute atomic E-state index is 13.2. The lowest BCUT2D eigenvalue weighted by molar-refractivity contribution is 0.0708. The number of rotatable bonds is 4. The molecule has 0 unspecified atom stereocenters. The Morgan fingerprint density at radius 2 is 2.19 bits per heavy atom. The van der Waals surface area contributed by atoms with Gasteiger partial charge in [0, 0.05) is 43.7 Å². The van der Waals surface area contributed by atoms with Crippen LogP contribution in [0.25, 0.3) is 33.7 Å². The molecule has 1 aliphatic rings. The maximum atomic E-state index is 13.2. The van der Waals surface area contributed by atoms with Crippen LogP contribution < -0.4 is 10.5 Å². The monoisotopic (exact) mass is 421 g/mol. The molecule has 31 heavy (non-hydrogen) atoms. The van der Waals surface area contributed by atoms with Gasteiger partial charge in [0.05, 0.1) is 24.6 Å². The number of carbonyl (C=O) groups excluding carboxylic acids is 1. The second kappa shape index (κ2) is 7.46. The SMILES string of the molecule is CCn1c(-c2nc3cc(C(=O)N4CCC[C@@H](N)C4)cc(OC)c3n2C)cc2ccoc21. The van der Waals surface area contributed by atoms with Crippen molar-refractivity contribution in [1.82, 2.24) is 19.0 Å². The van der Waals surface area contributed by atoms with Crippen molar-refractivity contribution in [3.63, 3.8) is 0 Å². The summed E-state index contributed by atoms with van der Waals surface area (Å²) < 4.78 is 15.5. The summed E-state index contributed by atoms with van der Waals surface area (Å²) in [7, 11) is 3.58. The molecule has 162 valence electrons. The number of hydrogen-bond donors (Lipinski definition) is 1. The van der Waals surface area contributed by atoms with Crippen molar-refractivity contribution in [3.8, 4) is 17.3 Å². The van der Waals surface area contributed by atoms with Crippen LogP contribution in [-0.4, -0.2) is 51.2 Å². The van der Waals surface area contributed by atoms with Gasteiger partial charge in [0.25, 0.3) is 5.91 Å². The first-order chi connectivity index (χ1) is 15.0. The lowest BCUT2D eigenvalue weighted by Crippen LogP contribution is -2.45. The quantitative estimate of drug-likeness (QED) is 0.545. The molecule has 1 aromatic carbocycles. The topological polar surface area (TPSA) is 91.5 Å². The Hall–Kier alpha value is -3.26. The molecule has 2 N–H and O–H groups in total. The molecule has 0 spiro atoms. The van der Waals surface area contributed by atoms with E-state index in [0.717, 1.165) is 59.6 Å². The molecule has 8 nitrogen and oxygen atoms in total. The summed E-state index contributed by atoms with van der Waals surface area (Å²) in [6.45, 7) is 4.14. The molecule has 0 radical (unpaired) electrons. The van der Waals surface area contributed by atoms with Crippen LogP contribution in [-0.2, 0) is 13.6 Å². The van der Waals surface area contributed by atoms with Crippen molar-refractivity contribution >= 4 is 28.0 Å². The highest BCUT2D eigenvalue weighted by atomic mass is 16.5. The van der Waals surface area contributed by atoms with Gasteiger partial charge in [-0.05, 0) is 44.0 Å². The van der Waals surface area contributed by atoms with E-state index in [-0.39, 0.29) is 11.9 Å². The Morgan fingerprint density at radius 3 is 2.94 bits per heavy atom. The van der Waals surface area contributed by atoms with Crippen LogP contribution >= 0.6 is 0 Å². The number of likely N-dealkylation sites (tertiary alicyclic amines) is 1. The number of fused-ring (bicyclic) bond motifs is 2. The van der Waals surface area contributed by atoms with Gasteiger partial charge in [0.1, 0.15) is 11.3 Å². The number of hydrogen-bond acceptors (Lipinski definition) is 5. The largest absolute Gasteiger partial charge is 0.494 e. The average molecular weight is 422 g/mol. The Labute approximate surface area is 180 Å². The van der Waals surface area contributed by atoms with Gasteiger partial charge in [-0.3, -0.25) is 4.79 Å². The Kier molecular flexibility index (Phi) is 4.74. The Bertz CT molecular complexity index is 1280. The fraction of sp³-hybridized carbons (Fsp3) is 0.391.